The fourth-order valence-electron chi connectivity index (χ4n) is 2.05. The summed E-state index contributed by atoms with van der Waals surface area (Å²) in [6, 6.07) is 19.3. The lowest BCUT2D eigenvalue weighted by atomic mass is 10.1. The van der Waals surface area contributed by atoms with Crippen LogP contribution in [0.15, 0.2) is 54.6 Å². The number of nitriles is 1. The Morgan fingerprint density at radius 2 is 1.95 bits per heavy atom. The van der Waals surface area contributed by atoms with Crippen molar-refractivity contribution in [1.29, 1.82) is 5.26 Å². The minimum Gasteiger partial charge on any atom is -0.494 e. The van der Waals surface area contributed by atoms with Gasteiger partial charge in [0, 0.05) is 11.8 Å². The van der Waals surface area contributed by atoms with Gasteiger partial charge < -0.3 is 10.1 Å². The zero-order valence-electron chi connectivity index (χ0n) is 12.3. The van der Waals surface area contributed by atoms with Crippen LogP contribution >= 0.6 is 0 Å². The van der Waals surface area contributed by atoms with Gasteiger partial charge in [-0.3, -0.25) is 4.79 Å². The summed E-state index contributed by atoms with van der Waals surface area (Å²) in [6.07, 6.45) is 1.75. The van der Waals surface area contributed by atoms with E-state index in [-0.39, 0.29) is 12.3 Å². The monoisotopic (exact) mass is 294 g/mol. The van der Waals surface area contributed by atoms with Gasteiger partial charge in [0.25, 0.3) is 0 Å². The minimum absolute atomic E-state index is 0.151. The van der Waals surface area contributed by atoms with Gasteiger partial charge in [0.2, 0.25) is 5.91 Å². The van der Waals surface area contributed by atoms with E-state index in [1.807, 2.05) is 36.4 Å². The van der Waals surface area contributed by atoms with Crippen LogP contribution < -0.4 is 10.1 Å². The maximum Gasteiger partial charge on any atom is 0.238 e. The first-order valence-corrected chi connectivity index (χ1v) is 7.21. The van der Waals surface area contributed by atoms with Gasteiger partial charge in [0.1, 0.15) is 12.2 Å². The Morgan fingerprint density at radius 1 is 1.14 bits per heavy atom. The summed E-state index contributed by atoms with van der Waals surface area (Å²) in [4.78, 5) is 11.4. The summed E-state index contributed by atoms with van der Waals surface area (Å²) in [5, 5.41) is 11.1. The topological polar surface area (TPSA) is 62.1 Å². The molecule has 0 atom stereocenters. The second kappa shape index (κ2) is 8.48. The number of hydrogen-bond acceptors (Lipinski definition) is 3. The van der Waals surface area contributed by atoms with Crippen LogP contribution in [0.5, 0.6) is 5.75 Å². The van der Waals surface area contributed by atoms with Gasteiger partial charge in [0.15, 0.2) is 0 Å². The Hall–Kier alpha value is -2.80. The normalized spacial score (nSPS) is 9.77. The van der Waals surface area contributed by atoms with Crippen LogP contribution in [0.1, 0.15) is 18.4 Å². The second-order valence-electron chi connectivity index (χ2n) is 4.85. The lowest BCUT2D eigenvalue weighted by Gasteiger charge is -2.08. The number of ether oxygens (including phenoxy) is 1. The third kappa shape index (κ3) is 5.29. The molecule has 0 aromatic heterocycles. The number of benzene rings is 2. The molecule has 0 saturated carbocycles. The van der Waals surface area contributed by atoms with Crippen molar-refractivity contribution in [2.24, 2.45) is 0 Å². The van der Waals surface area contributed by atoms with Crippen LogP contribution in [0.2, 0.25) is 0 Å². The molecule has 0 radical (unpaired) electrons. The molecule has 0 bridgehead atoms. The van der Waals surface area contributed by atoms with Crippen molar-refractivity contribution in [2.45, 2.75) is 19.3 Å². The number of aryl methyl sites for hydroxylation is 1. The lowest BCUT2D eigenvalue weighted by Crippen LogP contribution is -2.10. The van der Waals surface area contributed by atoms with E-state index in [4.69, 9.17) is 10.00 Å². The molecule has 112 valence electrons. The van der Waals surface area contributed by atoms with E-state index in [0.29, 0.717) is 18.0 Å². The molecular formula is C18H18N2O2. The highest BCUT2D eigenvalue weighted by molar-refractivity contribution is 5.92. The SMILES string of the molecule is N#CCC(=O)Nc1cccc(OCCCc2ccccc2)c1. The molecule has 0 heterocycles. The predicted octanol–water partition coefficient (Wildman–Crippen LogP) is 3.55. The molecule has 0 saturated heterocycles. The summed E-state index contributed by atoms with van der Waals surface area (Å²) in [5.41, 5.74) is 1.93. The number of hydrogen-bond donors (Lipinski definition) is 1. The fraction of sp³-hybridized carbons (Fsp3) is 0.222. The van der Waals surface area contributed by atoms with Gasteiger partial charge in [-0.1, -0.05) is 36.4 Å². The number of nitrogens with zero attached hydrogens (tertiary/aromatic N) is 1. The Kier molecular flexibility index (Phi) is 6.01. The van der Waals surface area contributed by atoms with Crippen LogP contribution in [0.4, 0.5) is 5.69 Å². The predicted molar refractivity (Wildman–Crippen MR) is 85.6 cm³/mol. The summed E-state index contributed by atoms with van der Waals surface area (Å²) in [5.74, 6) is 0.395. The molecule has 0 fully saturated rings. The standard InChI is InChI=1S/C18H18N2O2/c19-12-11-18(21)20-16-9-4-10-17(14-16)22-13-5-8-15-6-2-1-3-7-15/h1-4,6-7,9-10,14H,5,8,11,13H2,(H,20,21). The molecule has 1 amide bonds. The molecule has 0 unspecified atom stereocenters. The van der Waals surface area contributed by atoms with Gasteiger partial charge >= 0.3 is 0 Å². The molecule has 0 spiro atoms. The van der Waals surface area contributed by atoms with Gasteiger partial charge in [-0.25, -0.2) is 0 Å². The van der Waals surface area contributed by atoms with E-state index in [9.17, 15) is 4.79 Å². The molecule has 2 aromatic rings. The lowest BCUT2D eigenvalue weighted by molar-refractivity contribution is -0.115. The van der Waals surface area contributed by atoms with E-state index < -0.39 is 0 Å². The van der Waals surface area contributed by atoms with Crippen molar-refractivity contribution in [3.63, 3.8) is 0 Å². The molecular weight excluding hydrogens is 276 g/mol. The second-order valence-corrected chi connectivity index (χ2v) is 4.85. The first-order chi connectivity index (χ1) is 10.8. The van der Waals surface area contributed by atoms with Crippen molar-refractivity contribution in [1.82, 2.24) is 0 Å². The first-order valence-electron chi connectivity index (χ1n) is 7.21. The van der Waals surface area contributed by atoms with Gasteiger partial charge in [-0.05, 0) is 30.5 Å². The molecule has 4 nitrogen and oxygen atoms in total. The van der Waals surface area contributed by atoms with Crippen LogP contribution in [-0.2, 0) is 11.2 Å². The molecule has 1 N–H and O–H groups in total. The number of amides is 1. The maximum atomic E-state index is 11.4. The highest BCUT2D eigenvalue weighted by Crippen LogP contribution is 2.18. The number of carbonyl (C=O) groups excluding carboxylic acids is 1. The van der Waals surface area contributed by atoms with Crippen molar-refractivity contribution in [2.75, 3.05) is 11.9 Å². The van der Waals surface area contributed by atoms with Gasteiger partial charge in [0.05, 0.1) is 12.7 Å². The minimum atomic E-state index is -0.316. The van der Waals surface area contributed by atoms with Crippen LogP contribution in [0.3, 0.4) is 0 Å². The Balaban J connectivity index is 1.78. The zero-order valence-corrected chi connectivity index (χ0v) is 12.3. The molecule has 0 aliphatic heterocycles. The average Bonchev–Trinajstić information content (AvgIpc) is 2.53. The molecule has 2 aromatic carbocycles. The largest absolute Gasteiger partial charge is 0.494 e. The van der Waals surface area contributed by atoms with Crippen LogP contribution in [-0.4, -0.2) is 12.5 Å². The molecule has 4 heteroatoms. The van der Waals surface area contributed by atoms with E-state index >= 15 is 0 Å². The van der Waals surface area contributed by atoms with E-state index in [1.165, 1.54) is 5.56 Å². The third-order valence-corrected chi connectivity index (χ3v) is 3.08. The summed E-state index contributed by atoms with van der Waals surface area (Å²) < 4.78 is 5.69. The zero-order chi connectivity index (χ0) is 15.6. The van der Waals surface area contributed by atoms with E-state index in [1.54, 1.807) is 12.1 Å². The average molecular weight is 294 g/mol. The van der Waals surface area contributed by atoms with Gasteiger partial charge in [-0.2, -0.15) is 5.26 Å². The Morgan fingerprint density at radius 3 is 2.73 bits per heavy atom. The van der Waals surface area contributed by atoms with Crippen LogP contribution in [0.25, 0.3) is 0 Å². The van der Waals surface area contributed by atoms with E-state index in [2.05, 4.69) is 17.4 Å². The summed E-state index contributed by atoms with van der Waals surface area (Å²) in [7, 11) is 0. The number of rotatable bonds is 7. The maximum absolute atomic E-state index is 11.4. The Labute approximate surface area is 130 Å². The number of carbonyl (C=O) groups is 1. The summed E-state index contributed by atoms with van der Waals surface area (Å²) >= 11 is 0. The van der Waals surface area contributed by atoms with Gasteiger partial charge in [-0.15, -0.1) is 0 Å². The third-order valence-electron chi connectivity index (χ3n) is 3.08. The van der Waals surface area contributed by atoms with Crippen molar-refractivity contribution in [3.8, 4) is 11.8 Å². The highest BCUT2D eigenvalue weighted by atomic mass is 16.5. The molecule has 0 aliphatic rings. The Bertz CT molecular complexity index is 648. The number of nitrogens with one attached hydrogen (secondary N) is 1. The summed E-state index contributed by atoms with van der Waals surface area (Å²) in [6.45, 7) is 0.616. The van der Waals surface area contributed by atoms with Crippen molar-refractivity contribution >= 4 is 11.6 Å². The quantitative estimate of drug-likeness (QED) is 0.794. The first kappa shape index (κ1) is 15.6. The fourth-order valence-corrected chi connectivity index (χ4v) is 2.05. The molecule has 2 rings (SSSR count). The van der Waals surface area contributed by atoms with Crippen molar-refractivity contribution in [3.05, 3.63) is 60.2 Å². The molecule has 0 aliphatic carbocycles. The smallest absolute Gasteiger partial charge is 0.238 e. The van der Waals surface area contributed by atoms with E-state index in [0.717, 1.165) is 12.8 Å². The molecule has 22 heavy (non-hydrogen) atoms. The van der Waals surface area contributed by atoms with Crippen LogP contribution in [0, 0.1) is 11.3 Å². The van der Waals surface area contributed by atoms with Crippen molar-refractivity contribution < 1.29 is 9.53 Å². The highest BCUT2D eigenvalue weighted by Gasteiger charge is 2.02. The number of anilines is 1.